The maximum absolute atomic E-state index is 12.9. The normalized spacial score (nSPS) is 25.4. The molecule has 17 heteroatoms. The summed E-state index contributed by atoms with van der Waals surface area (Å²) in [6.45, 7) is 5.83. The number of urea groups is 1. The van der Waals surface area contributed by atoms with E-state index in [9.17, 15) is 34.5 Å². The lowest BCUT2D eigenvalue weighted by atomic mass is 9.98. The SMILES string of the molecule is Cc1ccc2[nH]c(=O)oc2c1.O=C(COC(=O)N1CCC(N2CCc3ccccc3NC2=O)CC1)N1CCC(N2CCC(OC3CC(O)C(O)C(CO)O3)CC2)CC1. The minimum atomic E-state index is -1.12. The number of rotatable bonds is 7. The summed E-state index contributed by atoms with van der Waals surface area (Å²) < 4.78 is 22.0. The number of hydrogen-bond donors (Lipinski definition) is 5. The number of piperidine rings is 3. The summed E-state index contributed by atoms with van der Waals surface area (Å²) in [5.74, 6) is -0.578. The van der Waals surface area contributed by atoms with Crippen LogP contribution in [-0.2, 0) is 25.4 Å². The van der Waals surface area contributed by atoms with Crippen molar-refractivity contribution >= 4 is 34.8 Å². The lowest BCUT2D eigenvalue weighted by Crippen LogP contribution is -2.53. The second-order valence-corrected chi connectivity index (χ2v) is 15.9. The number of amides is 4. The van der Waals surface area contributed by atoms with E-state index < -0.39 is 36.5 Å². The van der Waals surface area contributed by atoms with Crippen molar-refractivity contribution in [3.05, 3.63) is 64.1 Å². The number of aliphatic hydroxyl groups excluding tert-OH is 3. The van der Waals surface area contributed by atoms with Crippen LogP contribution in [0.5, 0.6) is 0 Å². The Morgan fingerprint density at radius 1 is 0.879 bits per heavy atom. The van der Waals surface area contributed by atoms with Crippen molar-refractivity contribution < 1.29 is 48.3 Å². The number of H-pyrrole nitrogens is 1. The molecule has 8 rings (SSSR count). The summed E-state index contributed by atoms with van der Waals surface area (Å²) >= 11 is 0. The predicted molar refractivity (Wildman–Crippen MR) is 211 cm³/mol. The quantitative estimate of drug-likeness (QED) is 0.233. The van der Waals surface area contributed by atoms with Crippen molar-refractivity contribution in [1.82, 2.24) is 24.6 Å². The van der Waals surface area contributed by atoms with Gasteiger partial charge in [-0.1, -0.05) is 24.3 Å². The number of aliphatic hydroxyl groups is 3. The molecule has 316 valence electrons. The zero-order valence-corrected chi connectivity index (χ0v) is 33.0. The minimum absolute atomic E-state index is 0.0214. The molecule has 5 N–H and O–H groups in total. The highest BCUT2D eigenvalue weighted by Gasteiger charge is 2.39. The number of para-hydroxylation sites is 1. The van der Waals surface area contributed by atoms with Gasteiger partial charge < -0.3 is 58.9 Å². The van der Waals surface area contributed by atoms with Gasteiger partial charge in [-0.05, 0) is 81.2 Å². The molecule has 17 nitrogen and oxygen atoms in total. The molecule has 0 aliphatic carbocycles. The number of benzene rings is 2. The number of carbonyl (C=O) groups is 3. The number of nitrogens with one attached hydrogen (secondary N) is 2. The van der Waals surface area contributed by atoms with Gasteiger partial charge in [-0.2, -0.15) is 0 Å². The van der Waals surface area contributed by atoms with Gasteiger partial charge in [0.05, 0.1) is 24.3 Å². The van der Waals surface area contributed by atoms with Gasteiger partial charge in [0.25, 0.3) is 5.91 Å². The average Bonchev–Trinajstić information content (AvgIpc) is 3.52. The molecule has 2 aromatic carbocycles. The summed E-state index contributed by atoms with van der Waals surface area (Å²) in [4.78, 5) is 59.5. The molecular formula is C41H56N6O11. The topological polar surface area (TPSA) is 211 Å². The van der Waals surface area contributed by atoms with E-state index in [-0.39, 0.29) is 43.7 Å². The molecule has 4 fully saturated rings. The molecule has 0 saturated carbocycles. The van der Waals surface area contributed by atoms with Crippen molar-refractivity contribution in [2.45, 2.75) is 101 Å². The van der Waals surface area contributed by atoms with Crippen LogP contribution < -0.4 is 11.1 Å². The molecule has 58 heavy (non-hydrogen) atoms. The first-order chi connectivity index (χ1) is 28.0. The zero-order valence-electron chi connectivity index (χ0n) is 33.0. The molecule has 4 amide bonds. The number of anilines is 1. The van der Waals surface area contributed by atoms with Crippen molar-refractivity contribution in [3.8, 4) is 0 Å². The number of fused-ring (bicyclic) bond motifs is 2. The number of nitrogens with zero attached hydrogens (tertiary/aromatic N) is 4. The average molecular weight is 809 g/mol. The minimum Gasteiger partial charge on any atom is -0.439 e. The van der Waals surface area contributed by atoms with Crippen LogP contribution >= 0.6 is 0 Å². The van der Waals surface area contributed by atoms with E-state index >= 15 is 0 Å². The Balaban J connectivity index is 0.000000399. The number of hydrogen-bond acceptors (Lipinski definition) is 12. The summed E-state index contributed by atoms with van der Waals surface area (Å²) in [6, 6.07) is 13.7. The Labute approximate surface area is 336 Å². The smallest absolute Gasteiger partial charge is 0.417 e. The van der Waals surface area contributed by atoms with Crippen LogP contribution in [0.25, 0.3) is 11.1 Å². The first kappa shape index (κ1) is 41.6. The first-order valence-corrected chi connectivity index (χ1v) is 20.5. The molecule has 1 aromatic heterocycles. The molecule has 0 bridgehead atoms. The third-order valence-corrected chi connectivity index (χ3v) is 12.1. The molecule has 4 atom stereocenters. The van der Waals surface area contributed by atoms with Crippen molar-refractivity contribution in [1.29, 1.82) is 0 Å². The third-order valence-electron chi connectivity index (χ3n) is 12.1. The highest BCUT2D eigenvalue weighted by atomic mass is 16.7. The molecule has 5 aliphatic rings. The number of oxazole rings is 1. The van der Waals surface area contributed by atoms with Crippen molar-refractivity contribution in [3.63, 3.8) is 0 Å². The fourth-order valence-corrected chi connectivity index (χ4v) is 8.68. The van der Waals surface area contributed by atoms with Gasteiger partial charge in [0.15, 0.2) is 18.5 Å². The van der Waals surface area contributed by atoms with Crippen LogP contribution in [0.4, 0.5) is 15.3 Å². The van der Waals surface area contributed by atoms with E-state index in [1.807, 2.05) is 54.3 Å². The number of carbonyl (C=O) groups excluding carboxylic acids is 3. The van der Waals surface area contributed by atoms with E-state index in [0.29, 0.717) is 57.2 Å². The highest BCUT2D eigenvalue weighted by molar-refractivity contribution is 5.91. The van der Waals surface area contributed by atoms with Crippen LogP contribution in [0.2, 0.25) is 0 Å². The Morgan fingerprint density at radius 3 is 2.33 bits per heavy atom. The lowest BCUT2D eigenvalue weighted by molar-refractivity contribution is -0.272. The summed E-state index contributed by atoms with van der Waals surface area (Å²) in [5.41, 5.74) is 4.44. The Morgan fingerprint density at radius 2 is 1.59 bits per heavy atom. The third kappa shape index (κ3) is 10.2. The molecule has 6 heterocycles. The largest absolute Gasteiger partial charge is 0.439 e. The number of aryl methyl sites for hydroxylation is 1. The first-order valence-electron chi connectivity index (χ1n) is 20.5. The number of aromatic nitrogens is 1. The fraction of sp³-hybridized carbons (Fsp3) is 0.610. The van der Waals surface area contributed by atoms with Gasteiger partial charge in [-0.15, -0.1) is 0 Å². The molecule has 4 unspecified atom stereocenters. The van der Waals surface area contributed by atoms with Crippen molar-refractivity contribution in [2.75, 3.05) is 64.3 Å². The highest BCUT2D eigenvalue weighted by Crippen LogP contribution is 2.28. The van der Waals surface area contributed by atoms with Gasteiger partial charge in [-0.25, -0.2) is 14.4 Å². The Bertz CT molecular complexity index is 1910. The van der Waals surface area contributed by atoms with Crippen LogP contribution in [0.15, 0.2) is 51.7 Å². The van der Waals surface area contributed by atoms with Gasteiger partial charge in [0.1, 0.15) is 12.2 Å². The summed E-state index contributed by atoms with van der Waals surface area (Å²) in [7, 11) is 0. The zero-order chi connectivity index (χ0) is 40.8. The second-order valence-electron chi connectivity index (χ2n) is 15.9. The standard InChI is InChI=1S/C33H49N5O9.C8H7NO2/c39-20-28-31(42)27(40)19-30(47-28)46-25-10-16-35(17-11-25)23-6-12-36(13-7-23)29(41)21-45-33(44)37-14-8-24(9-15-37)38-18-5-22-3-1-2-4-26(22)34-32(38)43;1-5-2-3-6-7(4-5)11-8(10)9-6/h1-4,23-25,27-28,30-31,39-40,42H,5-21H2,(H,34,43);2-4H,1H3,(H,9,10). The van der Waals surface area contributed by atoms with E-state index in [0.717, 1.165) is 67.5 Å². The number of likely N-dealkylation sites (tertiary alicyclic amines) is 3. The lowest BCUT2D eigenvalue weighted by Gasteiger charge is -2.43. The van der Waals surface area contributed by atoms with Crippen LogP contribution in [0.3, 0.4) is 0 Å². The van der Waals surface area contributed by atoms with E-state index in [2.05, 4.69) is 15.2 Å². The number of ether oxygens (including phenoxy) is 3. The molecular weight excluding hydrogens is 752 g/mol. The molecule has 4 saturated heterocycles. The van der Waals surface area contributed by atoms with Crippen LogP contribution in [0.1, 0.15) is 56.1 Å². The van der Waals surface area contributed by atoms with Gasteiger partial charge in [0.2, 0.25) is 0 Å². The van der Waals surface area contributed by atoms with Gasteiger partial charge >= 0.3 is 17.9 Å². The maximum atomic E-state index is 12.9. The maximum Gasteiger partial charge on any atom is 0.417 e. The van der Waals surface area contributed by atoms with E-state index in [4.69, 9.17) is 18.6 Å². The molecule has 0 radical (unpaired) electrons. The van der Waals surface area contributed by atoms with E-state index in [1.165, 1.54) is 0 Å². The predicted octanol–water partition coefficient (Wildman–Crippen LogP) is 2.41. The van der Waals surface area contributed by atoms with Crippen molar-refractivity contribution in [2.24, 2.45) is 0 Å². The molecule has 5 aliphatic heterocycles. The Hall–Kier alpha value is -4.52. The van der Waals surface area contributed by atoms with Gasteiger partial charge in [0, 0.05) is 70.0 Å². The fourth-order valence-electron chi connectivity index (χ4n) is 8.68. The van der Waals surface area contributed by atoms with Crippen LogP contribution in [0, 0.1) is 6.92 Å². The molecule has 3 aromatic rings. The van der Waals surface area contributed by atoms with E-state index in [1.54, 1.807) is 9.80 Å². The number of aromatic amines is 1. The van der Waals surface area contributed by atoms with Gasteiger partial charge in [-0.3, -0.25) is 9.78 Å². The summed E-state index contributed by atoms with van der Waals surface area (Å²) in [6.07, 6.45) is 1.50. The van der Waals surface area contributed by atoms with Crippen LogP contribution in [-0.4, -0.2) is 160 Å². The summed E-state index contributed by atoms with van der Waals surface area (Å²) in [5, 5.41) is 32.4. The Kier molecular flexibility index (Phi) is 13.7. The molecule has 0 spiro atoms. The second kappa shape index (κ2) is 19.0. The monoisotopic (exact) mass is 808 g/mol.